The highest BCUT2D eigenvalue weighted by Crippen LogP contribution is 2.36. The molecular formula is C17H28N2OS. The van der Waals surface area contributed by atoms with Gasteiger partial charge in [0.2, 0.25) is 5.91 Å². The summed E-state index contributed by atoms with van der Waals surface area (Å²) in [6.45, 7) is 7.16. The highest BCUT2D eigenvalue weighted by Gasteiger charge is 2.32. The van der Waals surface area contributed by atoms with Crippen LogP contribution in [-0.2, 0) is 11.2 Å². The molecule has 0 aromatic carbocycles. The first-order valence-electron chi connectivity index (χ1n) is 8.16. The van der Waals surface area contributed by atoms with Crippen LogP contribution in [-0.4, -0.2) is 23.4 Å². The van der Waals surface area contributed by atoms with Crippen molar-refractivity contribution in [3.8, 4) is 0 Å². The van der Waals surface area contributed by atoms with Gasteiger partial charge < -0.3 is 10.6 Å². The lowest BCUT2D eigenvalue weighted by molar-refractivity contribution is -0.138. The van der Waals surface area contributed by atoms with E-state index in [1.165, 1.54) is 10.4 Å². The maximum atomic E-state index is 12.8. The summed E-state index contributed by atoms with van der Waals surface area (Å²) >= 11 is 1.83. The lowest BCUT2D eigenvalue weighted by Crippen LogP contribution is -2.42. The van der Waals surface area contributed by atoms with Crippen LogP contribution >= 0.6 is 11.3 Å². The van der Waals surface area contributed by atoms with Gasteiger partial charge in [0.25, 0.3) is 0 Å². The minimum absolute atomic E-state index is 0.109. The Bertz CT molecular complexity index is 469. The molecule has 0 fully saturated rings. The summed E-state index contributed by atoms with van der Waals surface area (Å²) in [7, 11) is 0. The molecule has 0 saturated carbocycles. The number of hydrogen-bond acceptors (Lipinski definition) is 3. The van der Waals surface area contributed by atoms with E-state index >= 15 is 0 Å². The molecule has 2 N–H and O–H groups in total. The van der Waals surface area contributed by atoms with Gasteiger partial charge in [0, 0.05) is 23.4 Å². The van der Waals surface area contributed by atoms with Crippen molar-refractivity contribution < 1.29 is 4.79 Å². The first-order valence-corrected chi connectivity index (χ1v) is 9.04. The number of carbonyl (C=O) groups is 1. The van der Waals surface area contributed by atoms with Crippen molar-refractivity contribution in [2.45, 2.75) is 65.0 Å². The molecule has 4 heteroatoms. The Kier molecular flexibility index (Phi) is 5.82. The van der Waals surface area contributed by atoms with E-state index in [1.54, 1.807) is 0 Å². The molecule has 21 heavy (non-hydrogen) atoms. The molecule has 0 spiro atoms. The average molecular weight is 308 g/mol. The number of carbonyl (C=O) groups excluding carboxylic acids is 1. The normalized spacial score (nSPS) is 21.0. The van der Waals surface area contributed by atoms with E-state index in [1.807, 2.05) is 18.3 Å². The summed E-state index contributed by atoms with van der Waals surface area (Å²) in [4.78, 5) is 16.4. The van der Waals surface area contributed by atoms with Crippen LogP contribution in [0.1, 0.15) is 62.9 Å². The van der Waals surface area contributed by atoms with Crippen molar-refractivity contribution in [2.24, 2.45) is 11.7 Å². The van der Waals surface area contributed by atoms with Crippen molar-refractivity contribution >= 4 is 17.2 Å². The Balaban J connectivity index is 1.98. The molecule has 1 aliphatic rings. The van der Waals surface area contributed by atoms with Gasteiger partial charge in [-0.1, -0.05) is 20.3 Å². The van der Waals surface area contributed by atoms with Crippen LogP contribution in [0, 0.1) is 5.92 Å². The van der Waals surface area contributed by atoms with E-state index in [2.05, 4.69) is 30.2 Å². The maximum absolute atomic E-state index is 12.8. The van der Waals surface area contributed by atoms with Gasteiger partial charge >= 0.3 is 0 Å². The van der Waals surface area contributed by atoms with E-state index in [9.17, 15) is 4.79 Å². The number of thiophene rings is 1. The second-order valence-corrected chi connectivity index (χ2v) is 7.31. The van der Waals surface area contributed by atoms with E-state index < -0.39 is 0 Å². The number of nitrogens with two attached hydrogens (primary N) is 1. The summed E-state index contributed by atoms with van der Waals surface area (Å²) in [6.07, 6.45) is 5.01. The first kappa shape index (κ1) is 16.5. The second-order valence-electron chi connectivity index (χ2n) is 6.31. The van der Waals surface area contributed by atoms with E-state index in [0.717, 1.165) is 38.6 Å². The molecule has 1 aromatic rings. The molecule has 3 unspecified atom stereocenters. The van der Waals surface area contributed by atoms with Crippen molar-refractivity contribution in [1.29, 1.82) is 0 Å². The Morgan fingerprint density at radius 3 is 2.90 bits per heavy atom. The van der Waals surface area contributed by atoms with Gasteiger partial charge in [0.1, 0.15) is 0 Å². The molecule has 0 aliphatic carbocycles. The summed E-state index contributed by atoms with van der Waals surface area (Å²) < 4.78 is 0. The molecule has 118 valence electrons. The topological polar surface area (TPSA) is 46.3 Å². The minimum atomic E-state index is 0.109. The maximum Gasteiger partial charge on any atom is 0.225 e. The highest BCUT2D eigenvalue weighted by atomic mass is 32.1. The average Bonchev–Trinajstić information content (AvgIpc) is 2.93. The molecular weight excluding hydrogens is 280 g/mol. The standard InChI is InChI=1S/C17H28N2OS/c1-4-15-14-9-11-21-16(14)8-10-19(15)17(20)12(2)6-5-7-13(3)18/h9,11-13,15H,4-8,10,18H2,1-3H3. The zero-order valence-corrected chi connectivity index (χ0v) is 14.3. The van der Waals surface area contributed by atoms with Crippen molar-refractivity contribution in [1.82, 2.24) is 4.90 Å². The van der Waals surface area contributed by atoms with Crippen molar-refractivity contribution in [2.75, 3.05) is 6.54 Å². The second kappa shape index (κ2) is 7.41. The van der Waals surface area contributed by atoms with Crippen LogP contribution in [0.15, 0.2) is 11.4 Å². The van der Waals surface area contributed by atoms with Gasteiger partial charge in [-0.25, -0.2) is 0 Å². The van der Waals surface area contributed by atoms with Crippen molar-refractivity contribution in [3.63, 3.8) is 0 Å². The van der Waals surface area contributed by atoms with Crippen LogP contribution in [0.5, 0.6) is 0 Å². The number of fused-ring (bicyclic) bond motifs is 1. The molecule has 1 amide bonds. The Morgan fingerprint density at radius 1 is 1.48 bits per heavy atom. The summed E-state index contributed by atoms with van der Waals surface area (Å²) in [5.41, 5.74) is 7.17. The van der Waals surface area contributed by atoms with Gasteiger partial charge in [-0.2, -0.15) is 0 Å². The third-order valence-corrected chi connectivity index (χ3v) is 5.48. The van der Waals surface area contributed by atoms with Crippen LogP contribution in [0.4, 0.5) is 0 Å². The van der Waals surface area contributed by atoms with Gasteiger partial charge in [-0.15, -0.1) is 11.3 Å². The fraction of sp³-hybridized carbons (Fsp3) is 0.706. The Labute approximate surface area is 132 Å². The number of amides is 1. The van der Waals surface area contributed by atoms with Gasteiger partial charge in [0.15, 0.2) is 0 Å². The summed E-state index contributed by atoms with van der Waals surface area (Å²) in [5.74, 6) is 0.432. The molecule has 0 bridgehead atoms. The zero-order chi connectivity index (χ0) is 15.4. The van der Waals surface area contributed by atoms with Gasteiger partial charge in [-0.3, -0.25) is 4.79 Å². The SMILES string of the molecule is CCC1c2ccsc2CCN1C(=O)C(C)CCCC(C)N. The molecule has 3 nitrogen and oxygen atoms in total. The zero-order valence-electron chi connectivity index (χ0n) is 13.5. The van der Waals surface area contributed by atoms with E-state index in [-0.39, 0.29) is 18.0 Å². The highest BCUT2D eigenvalue weighted by molar-refractivity contribution is 7.10. The molecule has 2 heterocycles. The molecule has 3 atom stereocenters. The third-order valence-electron chi connectivity index (χ3n) is 4.48. The van der Waals surface area contributed by atoms with Crippen LogP contribution < -0.4 is 5.73 Å². The Morgan fingerprint density at radius 2 is 2.24 bits per heavy atom. The third kappa shape index (κ3) is 3.86. The fourth-order valence-electron chi connectivity index (χ4n) is 3.25. The number of nitrogens with zero attached hydrogens (tertiary/aromatic N) is 1. The Hall–Kier alpha value is -0.870. The predicted molar refractivity (Wildman–Crippen MR) is 89.4 cm³/mol. The number of rotatable bonds is 6. The largest absolute Gasteiger partial charge is 0.335 e. The quantitative estimate of drug-likeness (QED) is 0.870. The van der Waals surface area contributed by atoms with Crippen LogP contribution in [0.3, 0.4) is 0 Å². The van der Waals surface area contributed by atoms with Gasteiger partial charge in [0.05, 0.1) is 6.04 Å². The molecule has 0 saturated heterocycles. The lowest BCUT2D eigenvalue weighted by Gasteiger charge is -2.37. The number of hydrogen-bond donors (Lipinski definition) is 1. The smallest absolute Gasteiger partial charge is 0.225 e. The fourth-order valence-corrected chi connectivity index (χ4v) is 4.18. The first-order chi connectivity index (χ1) is 10.0. The van der Waals surface area contributed by atoms with E-state index in [4.69, 9.17) is 5.73 Å². The molecule has 2 rings (SSSR count). The molecule has 0 radical (unpaired) electrons. The minimum Gasteiger partial charge on any atom is -0.335 e. The monoisotopic (exact) mass is 308 g/mol. The molecule has 1 aliphatic heterocycles. The van der Waals surface area contributed by atoms with Gasteiger partial charge in [-0.05, 0) is 49.6 Å². The molecule has 1 aromatic heterocycles. The van der Waals surface area contributed by atoms with Crippen LogP contribution in [0.2, 0.25) is 0 Å². The van der Waals surface area contributed by atoms with E-state index in [0.29, 0.717) is 5.91 Å². The summed E-state index contributed by atoms with van der Waals surface area (Å²) in [5, 5.41) is 2.16. The predicted octanol–water partition coefficient (Wildman–Crippen LogP) is 3.74. The summed E-state index contributed by atoms with van der Waals surface area (Å²) in [6, 6.07) is 2.72. The lowest BCUT2D eigenvalue weighted by atomic mass is 9.94. The van der Waals surface area contributed by atoms with Crippen LogP contribution in [0.25, 0.3) is 0 Å². The van der Waals surface area contributed by atoms with Crippen molar-refractivity contribution in [3.05, 3.63) is 21.9 Å².